The van der Waals surface area contributed by atoms with Gasteiger partial charge in [-0.3, -0.25) is 4.79 Å². The smallest absolute Gasteiger partial charge is 0.790 e. The fourth-order valence-electron chi connectivity index (χ4n) is 2.42. The molecule has 0 fully saturated rings. The van der Waals surface area contributed by atoms with Crippen molar-refractivity contribution in [2.45, 2.75) is 90.1 Å². The Morgan fingerprint density at radius 3 is 1.74 bits per heavy atom. The first-order valence-electron chi connectivity index (χ1n) is 10.6. The van der Waals surface area contributed by atoms with Crippen LogP contribution in [0.4, 0.5) is 0 Å². The molecule has 0 aromatic heterocycles. The molecule has 0 saturated heterocycles. The SMILES string of the molecule is CCCCCCCCCCCCCC(=O)OCC(O)COP(=O)([O-])[O-].NCCO.[Na+].[Na+]. The zero-order valence-corrected chi connectivity index (χ0v) is 24.7. The molecule has 0 aromatic rings. The van der Waals surface area contributed by atoms with Gasteiger partial charge in [0.15, 0.2) is 0 Å². The molecule has 1 atom stereocenters. The van der Waals surface area contributed by atoms with Crippen molar-refractivity contribution >= 4 is 13.8 Å². The number of carbonyl (C=O) groups excluding carboxylic acids is 1. The Bertz CT molecular complexity index is 414. The van der Waals surface area contributed by atoms with Crippen LogP contribution < -0.4 is 74.6 Å². The molecule has 31 heavy (non-hydrogen) atoms. The molecule has 0 amide bonds. The van der Waals surface area contributed by atoms with Crippen LogP contribution in [-0.2, 0) is 18.6 Å². The summed E-state index contributed by atoms with van der Waals surface area (Å²) >= 11 is 0. The molecule has 0 radical (unpaired) electrons. The average Bonchev–Trinajstić information content (AvgIpc) is 2.68. The van der Waals surface area contributed by atoms with Crippen LogP contribution in [0.1, 0.15) is 84.0 Å². The zero-order chi connectivity index (χ0) is 22.4. The topological polar surface area (TPSA) is 165 Å². The third kappa shape index (κ3) is 39.0. The maximum absolute atomic E-state index is 11.5. The van der Waals surface area contributed by atoms with Crippen molar-refractivity contribution in [2.75, 3.05) is 26.4 Å². The normalized spacial score (nSPS) is 11.4. The summed E-state index contributed by atoms with van der Waals surface area (Å²) in [5.41, 5.74) is 4.78. The number of aliphatic hydroxyl groups excluding tert-OH is 2. The number of ether oxygens (including phenoxy) is 1. The van der Waals surface area contributed by atoms with Gasteiger partial charge in [0.2, 0.25) is 0 Å². The van der Waals surface area contributed by atoms with Gasteiger partial charge in [0, 0.05) is 13.0 Å². The van der Waals surface area contributed by atoms with Crippen molar-refractivity contribution in [1.29, 1.82) is 0 Å². The molecule has 0 rings (SSSR count). The maximum Gasteiger partial charge on any atom is 1.00 e. The van der Waals surface area contributed by atoms with Crippen molar-refractivity contribution in [3.05, 3.63) is 0 Å². The predicted molar refractivity (Wildman–Crippen MR) is 108 cm³/mol. The van der Waals surface area contributed by atoms with Crippen LogP contribution in [-0.4, -0.2) is 48.7 Å². The number of carbonyl (C=O) groups is 1. The van der Waals surface area contributed by atoms with E-state index in [4.69, 9.17) is 15.6 Å². The Hall–Kier alpha value is 1.46. The quantitative estimate of drug-likeness (QED) is 0.0746. The molecular weight excluding hydrogens is 447 g/mol. The minimum Gasteiger partial charge on any atom is -0.790 e. The second-order valence-corrected chi connectivity index (χ2v) is 8.03. The first-order chi connectivity index (χ1) is 13.8. The number of unbranched alkanes of at least 4 members (excludes halogenated alkanes) is 10. The Kier molecular flexibility index (Phi) is 37.7. The van der Waals surface area contributed by atoms with Gasteiger partial charge in [0.25, 0.3) is 0 Å². The number of esters is 1. The summed E-state index contributed by atoms with van der Waals surface area (Å²) in [5.74, 6) is -0.442. The third-order valence-corrected chi connectivity index (χ3v) is 4.44. The van der Waals surface area contributed by atoms with Crippen molar-refractivity contribution in [2.24, 2.45) is 5.73 Å². The number of rotatable bonds is 18. The molecular formula is C19H40NNa2O8P. The van der Waals surface area contributed by atoms with Gasteiger partial charge in [-0.05, 0) is 6.42 Å². The number of hydrogen-bond acceptors (Lipinski definition) is 9. The molecule has 0 aliphatic rings. The standard InChI is InChI=1S/C17H35O7P.C2H7NO.2Na/c1-2-3-4-5-6-7-8-9-10-11-12-13-17(19)23-14-16(18)15-24-25(20,21)22;3-1-2-4;;/h16,18H,2-15H2,1H3,(H2,20,21,22);4H,1-3H2;;/q;;2*+1/p-2. The molecule has 0 saturated carbocycles. The Balaban J connectivity index is -0.000000555. The van der Waals surface area contributed by atoms with Crippen molar-refractivity contribution < 1.29 is 97.7 Å². The largest absolute Gasteiger partial charge is 1.00 e. The third-order valence-electron chi connectivity index (χ3n) is 3.98. The van der Waals surface area contributed by atoms with Gasteiger partial charge >= 0.3 is 65.1 Å². The molecule has 12 heteroatoms. The van der Waals surface area contributed by atoms with Crippen LogP contribution in [0.2, 0.25) is 0 Å². The van der Waals surface area contributed by atoms with Gasteiger partial charge in [0.05, 0.1) is 21.0 Å². The summed E-state index contributed by atoms with van der Waals surface area (Å²) in [6, 6.07) is 0. The second kappa shape index (κ2) is 29.5. The molecule has 0 aromatic carbocycles. The number of aliphatic hydroxyl groups is 2. The van der Waals surface area contributed by atoms with Crippen LogP contribution in [0.3, 0.4) is 0 Å². The van der Waals surface area contributed by atoms with Crippen molar-refractivity contribution in [1.82, 2.24) is 0 Å². The molecule has 0 aliphatic carbocycles. The predicted octanol–water partition coefficient (Wildman–Crippen LogP) is -4.62. The van der Waals surface area contributed by atoms with Gasteiger partial charge in [-0.15, -0.1) is 0 Å². The van der Waals surface area contributed by atoms with Gasteiger partial charge in [-0.25, -0.2) is 0 Å². The summed E-state index contributed by atoms with van der Waals surface area (Å²) in [6.45, 7) is 1.61. The molecule has 0 heterocycles. The van der Waals surface area contributed by atoms with Crippen LogP contribution in [0.5, 0.6) is 0 Å². The van der Waals surface area contributed by atoms with Gasteiger partial charge in [-0.1, -0.05) is 71.1 Å². The minimum absolute atomic E-state index is 0. The first kappa shape index (κ1) is 39.7. The van der Waals surface area contributed by atoms with Crippen molar-refractivity contribution in [3.8, 4) is 0 Å². The number of phosphoric ester groups is 1. The van der Waals surface area contributed by atoms with E-state index < -0.39 is 26.5 Å². The molecule has 0 bridgehead atoms. The summed E-state index contributed by atoms with van der Waals surface area (Å²) < 4.78 is 18.9. The van der Waals surface area contributed by atoms with E-state index in [2.05, 4.69) is 11.4 Å². The van der Waals surface area contributed by atoms with Gasteiger partial charge < -0.3 is 39.6 Å². The van der Waals surface area contributed by atoms with E-state index in [1.165, 1.54) is 51.4 Å². The minimum atomic E-state index is -5.11. The molecule has 176 valence electrons. The monoisotopic (exact) mass is 487 g/mol. The summed E-state index contributed by atoms with van der Waals surface area (Å²) in [6.07, 6.45) is 12.0. The number of hydrogen-bond donors (Lipinski definition) is 3. The molecule has 1 unspecified atom stereocenters. The van der Waals surface area contributed by atoms with E-state index in [1.807, 2.05) is 0 Å². The van der Waals surface area contributed by atoms with E-state index in [-0.39, 0.29) is 78.7 Å². The van der Waals surface area contributed by atoms with Gasteiger partial charge in [-0.2, -0.15) is 0 Å². The van der Waals surface area contributed by atoms with Crippen LogP contribution in [0.15, 0.2) is 0 Å². The zero-order valence-electron chi connectivity index (χ0n) is 19.8. The van der Waals surface area contributed by atoms with Crippen LogP contribution in [0.25, 0.3) is 0 Å². The van der Waals surface area contributed by atoms with E-state index in [0.717, 1.165) is 19.3 Å². The van der Waals surface area contributed by atoms with E-state index in [0.29, 0.717) is 6.54 Å². The first-order valence-corrected chi connectivity index (χ1v) is 12.0. The summed E-state index contributed by atoms with van der Waals surface area (Å²) in [4.78, 5) is 31.9. The molecule has 4 N–H and O–H groups in total. The second-order valence-electron chi connectivity index (χ2n) is 6.88. The summed E-state index contributed by atoms with van der Waals surface area (Å²) in [5, 5.41) is 17.1. The molecule has 9 nitrogen and oxygen atoms in total. The number of nitrogens with two attached hydrogens (primary N) is 1. The number of phosphoric acid groups is 1. The fourth-order valence-corrected chi connectivity index (χ4v) is 2.77. The Labute approximate surface area is 232 Å². The molecule has 0 spiro atoms. The van der Waals surface area contributed by atoms with Crippen molar-refractivity contribution in [3.63, 3.8) is 0 Å². The average molecular weight is 487 g/mol. The Morgan fingerprint density at radius 1 is 0.935 bits per heavy atom. The van der Waals surface area contributed by atoms with E-state index >= 15 is 0 Å². The van der Waals surface area contributed by atoms with Crippen LogP contribution in [0, 0.1) is 0 Å². The maximum atomic E-state index is 11.5. The summed E-state index contributed by atoms with van der Waals surface area (Å²) in [7, 11) is -5.11. The fraction of sp³-hybridized carbons (Fsp3) is 0.947. The van der Waals surface area contributed by atoms with E-state index in [9.17, 15) is 24.3 Å². The van der Waals surface area contributed by atoms with E-state index in [1.54, 1.807) is 0 Å². The van der Waals surface area contributed by atoms with Crippen LogP contribution >= 0.6 is 7.82 Å². The molecule has 0 aliphatic heterocycles. The Morgan fingerprint density at radius 2 is 1.35 bits per heavy atom. The van der Waals surface area contributed by atoms with Gasteiger partial charge in [0.1, 0.15) is 12.7 Å².